The number of aliphatic carboxylic acids is 1. The quantitative estimate of drug-likeness (QED) is 0.0166. The minimum absolute atomic E-state index is 0.00922. The number of unbranched alkanes of at least 4 members (excludes halogenated alkanes) is 1. The number of carboxylic acid groups (broad SMARTS) is 1. The molecular weight excluding hydrogens is 869 g/mol. The summed E-state index contributed by atoms with van der Waals surface area (Å²) >= 11 is 1.80. The number of benzene rings is 2. The van der Waals surface area contributed by atoms with Crippen LogP contribution in [0, 0.1) is 0 Å². The van der Waals surface area contributed by atoms with Gasteiger partial charge in [0.05, 0.1) is 28.6 Å². The summed E-state index contributed by atoms with van der Waals surface area (Å²) < 4.78 is 34.0. The van der Waals surface area contributed by atoms with Crippen molar-refractivity contribution in [1.82, 2.24) is 30.1 Å². The molecule has 2 atom stereocenters. The van der Waals surface area contributed by atoms with Gasteiger partial charge in [0.1, 0.15) is 6.04 Å². The topological polar surface area (TPSA) is 361 Å². The van der Waals surface area contributed by atoms with Crippen LogP contribution in [0.3, 0.4) is 0 Å². The molecule has 0 saturated carbocycles. The number of carboxylic acids is 1. The first-order valence-corrected chi connectivity index (χ1v) is 21.3. The molecule has 1 aromatic heterocycles. The van der Waals surface area contributed by atoms with E-state index < -0.39 is 98.7 Å². The van der Waals surface area contributed by atoms with Crippen LogP contribution in [0.15, 0.2) is 47.8 Å². The van der Waals surface area contributed by atoms with E-state index in [1.807, 2.05) is 0 Å². The Morgan fingerprint density at radius 1 is 1.00 bits per heavy atom. The zero-order valence-corrected chi connectivity index (χ0v) is 34.8. The van der Waals surface area contributed by atoms with Crippen LogP contribution in [0.4, 0.5) is 5.13 Å². The molecule has 61 heavy (non-hydrogen) atoms. The van der Waals surface area contributed by atoms with Gasteiger partial charge in [-0.1, -0.05) is 28.6 Å². The number of para-hydroxylation sites is 2. The Kier molecular flexibility index (Phi) is 15.7. The highest BCUT2D eigenvalue weighted by atomic mass is 32.2. The molecule has 1 aliphatic rings. The molecule has 26 heteroatoms. The normalized spacial score (nSPS) is 15.4. The molecule has 330 valence electrons. The predicted octanol–water partition coefficient (Wildman–Crippen LogP) is -0.168. The van der Waals surface area contributed by atoms with Crippen LogP contribution in [0.1, 0.15) is 52.3 Å². The number of carbonyl (C=O) groups excluding carboxylic acids is 5. The van der Waals surface area contributed by atoms with Gasteiger partial charge in [-0.2, -0.15) is 20.2 Å². The number of aromatic hydroxyl groups is 4. The monoisotopic (exact) mass is 910 g/mol. The molecule has 23 nitrogen and oxygen atoms in total. The van der Waals surface area contributed by atoms with Crippen molar-refractivity contribution in [3.05, 3.63) is 58.6 Å². The minimum Gasteiger partial charge on any atom is -0.504 e. The second kappa shape index (κ2) is 20.3. The Morgan fingerprint density at radius 2 is 1.64 bits per heavy atom. The molecule has 11 N–H and O–H groups in total. The summed E-state index contributed by atoms with van der Waals surface area (Å²) in [7, 11) is -5.09. The summed E-state index contributed by atoms with van der Waals surface area (Å²) in [5.74, 6) is -8.27. The van der Waals surface area contributed by atoms with Crippen molar-refractivity contribution in [2.75, 3.05) is 43.4 Å². The summed E-state index contributed by atoms with van der Waals surface area (Å²) in [4.78, 5) is 86.6. The molecule has 1 aliphatic heterocycles. The largest absolute Gasteiger partial charge is 0.504 e. The Bertz CT molecular complexity index is 2300. The van der Waals surface area contributed by atoms with E-state index in [4.69, 9.17) is 10.6 Å². The number of nitrogens with one attached hydrogen (secondary N) is 3. The maximum absolute atomic E-state index is 13.4. The third kappa shape index (κ3) is 12.1. The van der Waals surface area contributed by atoms with Crippen LogP contribution in [0.25, 0.3) is 0 Å². The van der Waals surface area contributed by atoms with E-state index in [1.165, 1.54) is 30.3 Å². The maximum Gasteiger partial charge on any atom is 0.362 e. The van der Waals surface area contributed by atoms with E-state index in [9.17, 15) is 67.3 Å². The van der Waals surface area contributed by atoms with Crippen molar-refractivity contribution in [3.63, 3.8) is 0 Å². The molecule has 1 unspecified atom stereocenters. The van der Waals surface area contributed by atoms with Gasteiger partial charge in [0.2, 0.25) is 11.5 Å². The number of aromatic nitrogens is 1. The number of thiazole rings is 1. The van der Waals surface area contributed by atoms with Gasteiger partial charge in [0.15, 0.2) is 33.8 Å². The van der Waals surface area contributed by atoms with E-state index in [0.717, 1.165) is 54.1 Å². The van der Waals surface area contributed by atoms with Gasteiger partial charge in [-0.05, 0) is 51.0 Å². The number of nitrogens with zero attached hydrogens (tertiary/aromatic N) is 4. The van der Waals surface area contributed by atoms with Crippen LogP contribution in [0.5, 0.6) is 23.0 Å². The van der Waals surface area contributed by atoms with Crippen molar-refractivity contribution in [2.45, 2.75) is 44.4 Å². The SMILES string of the molecule is CC(C)(O/N=C(\C(=O)N[C@@H]1C(=O)N(S(=O)(=O)O)C1CSCCNC(=O)CN(CCCCNC(=O)c1cccc(O)c1O)C(=O)c1cccc(O)c1O)c1cnc(N)s1)C(=O)O. The van der Waals surface area contributed by atoms with Gasteiger partial charge in [-0.3, -0.25) is 28.5 Å². The fourth-order valence-electron chi connectivity index (χ4n) is 5.39. The number of thioether (sulfide) groups is 1. The fourth-order valence-corrected chi connectivity index (χ4v) is 8.02. The van der Waals surface area contributed by atoms with E-state index >= 15 is 0 Å². The highest BCUT2D eigenvalue weighted by Crippen LogP contribution is 2.31. The van der Waals surface area contributed by atoms with E-state index in [2.05, 4.69) is 26.1 Å². The Labute approximate surface area is 355 Å². The van der Waals surface area contributed by atoms with Crippen LogP contribution in [-0.4, -0.2) is 149 Å². The maximum atomic E-state index is 13.4. The number of oxime groups is 1. The van der Waals surface area contributed by atoms with Crippen LogP contribution >= 0.6 is 23.1 Å². The average Bonchev–Trinajstić information content (AvgIpc) is 3.62. The molecule has 4 rings (SSSR count). The lowest BCUT2D eigenvalue weighted by Crippen LogP contribution is -2.73. The van der Waals surface area contributed by atoms with Crippen LogP contribution < -0.4 is 21.7 Å². The summed E-state index contributed by atoms with van der Waals surface area (Å²) in [5, 5.41) is 60.4. The molecule has 0 spiro atoms. The van der Waals surface area contributed by atoms with Gasteiger partial charge in [0.25, 0.3) is 23.6 Å². The van der Waals surface area contributed by atoms with E-state index in [-0.39, 0.29) is 69.4 Å². The highest BCUT2D eigenvalue weighted by Gasteiger charge is 2.54. The highest BCUT2D eigenvalue weighted by molar-refractivity contribution is 7.99. The van der Waals surface area contributed by atoms with Crippen LogP contribution in [-0.2, 0) is 34.3 Å². The van der Waals surface area contributed by atoms with E-state index in [0.29, 0.717) is 0 Å². The lowest BCUT2D eigenvalue weighted by Gasteiger charge is -2.44. The van der Waals surface area contributed by atoms with Gasteiger partial charge < -0.3 is 57.0 Å². The van der Waals surface area contributed by atoms with Crippen LogP contribution in [0.2, 0.25) is 0 Å². The number of β-lactam (4-membered cyclic amide) rings is 1. The molecule has 0 radical (unpaired) electrons. The van der Waals surface area contributed by atoms with Gasteiger partial charge >= 0.3 is 16.3 Å². The predicted molar refractivity (Wildman–Crippen MR) is 217 cm³/mol. The molecule has 2 heterocycles. The fraction of sp³-hybridized carbons (Fsp3) is 0.371. The number of carbonyl (C=O) groups is 6. The molecule has 0 aliphatic carbocycles. The third-order valence-electron chi connectivity index (χ3n) is 8.68. The van der Waals surface area contributed by atoms with Crippen molar-refractivity contribution < 1.29 is 72.1 Å². The molecule has 0 bridgehead atoms. The number of phenolic OH excluding ortho intramolecular Hbond substituents is 4. The number of anilines is 1. The molecule has 3 aromatic rings. The van der Waals surface area contributed by atoms with Gasteiger partial charge in [-0.15, -0.1) is 0 Å². The zero-order chi connectivity index (χ0) is 45.2. The summed E-state index contributed by atoms with van der Waals surface area (Å²) in [6.45, 7) is 1.77. The third-order valence-corrected chi connectivity index (χ3v) is 11.5. The second-order valence-electron chi connectivity index (χ2n) is 13.5. The molecule has 1 fully saturated rings. The number of amides is 5. The van der Waals surface area contributed by atoms with Crippen molar-refractivity contribution in [3.8, 4) is 23.0 Å². The van der Waals surface area contributed by atoms with Crippen molar-refractivity contribution in [1.29, 1.82) is 0 Å². The lowest BCUT2D eigenvalue weighted by atomic mass is 10.0. The first-order valence-electron chi connectivity index (χ1n) is 17.9. The van der Waals surface area contributed by atoms with Gasteiger partial charge in [0, 0.05) is 37.3 Å². The van der Waals surface area contributed by atoms with Crippen molar-refractivity contribution >= 4 is 79.8 Å². The number of hydrogen-bond acceptors (Lipinski definition) is 18. The minimum atomic E-state index is -5.09. The van der Waals surface area contributed by atoms with E-state index in [1.54, 1.807) is 0 Å². The number of nitrogen functional groups attached to an aromatic ring is 1. The van der Waals surface area contributed by atoms with Crippen molar-refractivity contribution in [2.24, 2.45) is 5.16 Å². The number of hydrogen-bond donors (Lipinski definition) is 10. The average molecular weight is 911 g/mol. The van der Waals surface area contributed by atoms with Gasteiger partial charge in [-0.25, -0.2) is 14.1 Å². The number of rotatable bonds is 21. The molecular formula is C35H42N8O15S3. The number of phenols is 4. The summed E-state index contributed by atoms with van der Waals surface area (Å²) in [6.07, 6.45) is 1.67. The summed E-state index contributed by atoms with van der Waals surface area (Å²) in [5.41, 5.74) is 2.81. The lowest BCUT2D eigenvalue weighted by molar-refractivity contribution is -0.161. The first-order chi connectivity index (χ1) is 28.6. The first kappa shape index (κ1) is 47.3. The Hall–Kier alpha value is -6.38. The number of nitrogens with two attached hydrogens (primary N) is 1. The second-order valence-corrected chi connectivity index (χ2v) is 17.0. The molecule has 5 amide bonds. The Balaban J connectivity index is 1.35. The zero-order valence-electron chi connectivity index (χ0n) is 32.3. The standard InChI is InChI=1S/C35H42N8O15S3/c1-35(2,33(53)54)58-41-26(23-15-39-34(36)60-23)30(50)40-25-20(43(32(25)52)61(55,56)57)17-59-14-12-37-24(46)16-42(31(51)19-8-6-10-22(45)28(19)48)13-4-3-11-38-29(49)18-7-5-9-21(44)27(18)47/h5-10,15,20,25,44-45,47-48H,3-4,11-14,16-17H2,1-2H3,(H2,36,39)(H,37,46)(H,38,49)(H,40,50)(H,53,54)(H,55,56,57)/b41-26-/t20?,25-/m0/s1. The Morgan fingerprint density at radius 3 is 2.25 bits per heavy atom. The molecule has 2 aromatic carbocycles. The summed E-state index contributed by atoms with van der Waals surface area (Å²) in [6, 6.07) is 4.77. The molecule has 1 saturated heterocycles. The smallest absolute Gasteiger partial charge is 0.362 e.